The van der Waals surface area contributed by atoms with Crippen LogP contribution < -0.4 is 10.2 Å². The fourth-order valence-electron chi connectivity index (χ4n) is 4.18. The quantitative estimate of drug-likeness (QED) is 0.676. The molecule has 0 unspecified atom stereocenters. The first-order chi connectivity index (χ1) is 14.2. The highest BCUT2D eigenvalue weighted by Gasteiger charge is 2.25. The van der Waals surface area contributed by atoms with Gasteiger partial charge in [-0.25, -0.2) is 4.98 Å². The van der Waals surface area contributed by atoms with Crippen LogP contribution in [0.3, 0.4) is 0 Å². The van der Waals surface area contributed by atoms with Gasteiger partial charge in [0, 0.05) is 59.1 Å². The van der Waals surface area contributed by atoms with Gasteiger partial charge in [0.05, 0.1) is 5.56 Å². The van der Waals surface area contributed by atoms with Crippen LogP contribution in [0, 0.1) is 5.92 Å². The van der Waals surface area contributed by atoms with E-state index in [-0.39, 0.29) is 5.91 Å². The summed E-state index contributed by atoms with van der Waals surface area (Å²) in [5, 5.41) is 2.87. The number of nitrogens with one attached hydrogen (secondary N) is 1. The molecule has 160 valence electrons. The van der Waals surface area contributed by atoms with Gasteiger partial charge < -0.3 is 19.9 Å². The zero-order valence-corrected chi connectivity index (χ0v) is 17.6. The van der Waals surface area contributed by atoms with E-state index in [1.807, 2.05) is 17.0 Å². The van der Waals surface area contributed by atoms with Crippen LogP contribution in [0.1, 0.15) is 55.3 Å². The Hall–Kier alpha value is -2.15. The summed E-state index contributed by atoms with van der Waals surface area (Å²) in [4.78, 5) is 33.4. The lowest BCUT2D eigenvalue weighted by Gasteiger charge is -2.36. The first-order valence-electron chi connectivity index (χ1n) is 10.9. The molecule has 0 atom stereocenters. The lowest BCUT2D eigenvalue weighted by Crippen LogP contribution is -2.49. The molecule has 0 bridgehead atoms. The minimum atomic E-state index is -0.113. The molecule has 2 heterocycles. The number of piperazine rings is 1. The number of methoxy groups -OCH3 is 1. The van der Waals surface area contributed by atoms with Crippen LogP contribution in [0.5, 0.6) is 0 Å². The van der Waals surface area contributed by atoms with Crippen molar-refractivity contribution in [3.8, 4) is 0 Å². The van der Waals surface area contributed by atoms with Crippen molar-refractivity contribution >= 4 is 17.6 Å². The lowest BCUT2D eigenvalue weighted by atomic mass is 9.86. The molecule has 1 aliphatic heterocycles. The number of hydrogen-bond acceptors (Lipinski definition) is 5. The predicted octanol–water partition coefficient (Wildman–Crippen LogP) is 2.47. The van der Waals surface area contributed by atoms with E-state index in [9.17, 15) is 9.59 Å². The number of carbonyl (C=O) groups excluding carboxylic acids is 2. The summed E-state index contributed by atoms with van der Waals surface area (Å²) < 4.78 is 4.98. The van der Waals surface area contributed by atoms with Gasteiger partial charge in [0.25, 0.3) is 5.91 Å². The Labute approximate surface area is 173 Å². The fraction of sp³-hybridized carbons (Fsp3) is 0.682. The van der Waals surface area contributed by atoms with Crippen molar-refractivity contribution in [2.24, 2.45) is 5.92 Å². The van der Waals surface area contributed by atoms with E-state index in [1.165, 1.54) is 32.1 Å². The highest BCUT2D eigenvalue weighted by Crippen LogP contribution is 2.27. The van der Waals surface area contributed by atoms with Gasteiger partial charge >= 0.3 is 0 Å². The van der Waals surface area contributed by atoms with Crippen LogP contribution in [0.2, 0.25) is 0 Å². The molecular weight excluding hydrogens is 368 g/mol. The van der Waals surface area contributed by atoms with E-state index in [4.69, 9.17) is 4.74 Å². The van der Waals surface area contributed by atoms with Crippen LogP contribution in [0.25, 0.3) is 0 Å². The molecule has 1 aliphatic carbocycles. The molecule has 0 radical (unpaired) electrons. The smallest absolute Gasteiger partial charge is 0.252 e. The minimum Gasteiger partial charge on any atom is -0.385 e. The number of hydrogen-bond donors (Lipinski definition) is 1. The Balaban J connectivity index is 1.43. The lowest BCUT2D eigenvalue weighted by molar-refractivity contribution is -0.132. The Morgan fingerprint density at radius 3 is 2.55 bits per heavy atom. The summed E-state index contributed by atoms with van der Waals surface area (Å²) in [6.07, 6.45) is 9.43. The standard InChI is InChI=1S/C22H34N4O3/c1-29-15-5-10-23-22(28)19-8-9-20(24-17-19)25-11-13-26(14-12-25)21(27)16-18-6-3-2-4-7-18/h8-9,17-18H,2-7,10-16H2,1H3,(H,23,28). The summed E-state index contributed by atoms with van der Waals surface area (Å²) in [6.45, 7) is 4.28. The normalized spacial score (nSPS) is 18.0. The summed E-state index contributed by atoms with van der Waals surface area (Å²) >= 11 is 0. The molecule has 1 aromatic heterocycles. The van der Waals surface area contributed by atoms with Crippen molar-refractivity contribution in [2.75, 3.05) is 51.3 Å². The van der Waals surface area contributed by atoms with Crippen LogP contribution in [0.15, 0.2) is 18.3 Å². The zero-order chi connectivity index (χ0) is 20.5. The van der Waals surface area contributed by atoms with Gasteiger partial charge in [0.2, 0.25) is 5.91 Å². The van der Waals surface area contributed by atoms with E-state index in [2.05, 4.69) is 15.2 Å². The SMILES string of the molecule is COCCCNC(=O)c1ccc(N2CCN(C(=O)CC3CCCCC3)CC2)nc1. The minimum absolute atomic E-state index is 0.113. The molecule has 2 aliphatic rings. The predicted molar refractivity (Wildman–Crippen MR) is 113 cm³/mol. The molecule has 1 N–H and O–H groups in total. The van der Waals surface area contributed by atoms with Gasteiger partial charge in [-0.05, 0) is 37.3 Å². The van der Waals surface area contributed by atoms with Crippen molar-refractivity contribution in [1.82, 2.24) is 15.2 Å². The van der Waals surface area contributed by atoms with Crippen LogP contribution in [-0.2, 0) is 9.53 Å². The second-order valence-corrected chi connectivity index (χ2v) is 8.08. The fourth-order valence-corrected chi connectivity index (χ4v) is 4.18. The Bertz CT molecular complexity index is 651. The topological polar surface area (TPSA) is 74.8 Å². The molecule has 29 heavy (non-hydrogen) atoms. The van der Waals surface area contributed by atoms with Gasteiger partial charge in [0.15, 0.2) is 0 Å². The molecule has 7 nitrogen and oxygen atoms in total. The Morgan fingerprint density at radius 1 is 1.14 bits per heavy atom. The van der Waals surface area contributed by atoms with Crippen LogP contribution in [0.4, 0.5) is 5.82 Å². The first kappa shape index (κ1) is 21.6. The maximum Gasteiger partial charge on any atom is 0.252 e. The Morgan fingerprint density at radius 2 is 1.90 bits per heavy atom. The summed E-state index contributed by atoms with van der Waals surface area (Å²) in [5.41, 5.74) is 0.562. The number of aromatic nitrogens is 1. The second-order valence-electron chi connectivity index (χ2n) is 8.08. The molecule has 3 rings (SSSR count). The van der Waals surface area contributed by atoms with E-state index in [1.54, 1.807) is 13.3 Å². The highest BCUT2D eigenvalue weighted by molar-refractivity contribution is 5.94. The van der Waals surface area contributed by atoms with E-state index in [0.29, 0.717) is 37.0 Å². The number of nitrogens with zero attached hydrogens (tertiary/aromatic N) is 3. The molecule has 0 spiro atoms. The number of amides is 2. The molecule has 1 aromatic rings. The molecular formula is C22H34N4O3. The largest absolute Gasteiger partial charge is 0.385 e. The maximum absolute atomic E-state index is 12.6. The van der Waals surface area contributed by atoms with Gasteiger partial charge in [-0.1, -0.05) is 19.3 Å². The number of carbonyl (C=O) groups is 2. The number of ether oxygens (including phenoxy) is 1. The summed E-state index contributed by atoms with van der Waals surface area (Å²) in [5.74, 6) is 1.65. The number of rotatable bonds is 8. The van der Waals surface area contributed by atoms with Crippen molar-refractivity contribution in [2.45, 2.75) is 44.9 Å². The zero-order valence-electron chi connectivity index (χ0n) is 17.6. The average molecular weight is 403 g/mol. The molecule has 1 saturated heterocycles. The van der Waals surface area contributed by atoms with E-state index >= 15 is 0 Å². The number of anilines is 1. The number of pyridine rings is 1. The van der Waals surface area contributed by atoms with Gasteiger partial charge in [0.1, 0.15) is 5.82 Å². The van der Waals surface area contributed by atoms with Gasteiger partial charge in [-0.15, -0.1) is 0 Å². The molecule has 7 heteroatoms. The van der Waals surface area contributed by atoms with Gasteiger partial charge in [-0.3, -0.25) is 9.59 Å². The molecule has 2 amide bonds. The first-order valence-corrected chi connectivity index (χ1v) is 10.9. The van der Waals surface area contributed by atoms with Crippen molar-refractivity contribution in [3.05, 3.63) is 23.9 Å². The third kappa shape index (κ3) is 6.42. The summed E-state index contributed by atoms with van der Waals surface area (Å²) in [7, 11) is 1.65. The monoisotopic (exact) mass is 402 g/mol. The third-order valence-electron chi connectivity index (χ3n) is 5.97. The molecule has 2 fully saturated rings. The van der Waals surface area contributed by atoms with Gasteiger partial charge in [-0.2, -0.15) is 0 Å². The maximum atomic E-state index is 12.6. The van der Waals surface area contributed by atoms with Crippen molar-refractivity contribution in [1.29, 1.82) is 0 Å². The van der Waals surface area contributed by atoms with Crippen molar-refractivity contribution in [3.63, 3.8) is 0 Å². The molecule has 0 aromatic carbocycles. The van der Waals surface area contributed by atoms with E-state index in [0.717, 1.165) is 38.4 Å². The van der Waals surface area contributed by atoms with Crippen LogP contribution >= 0.6 is 0 Å². The second kappa shape index (κ2) is 11.1. The molecule has 1 saturated carbocycles. The highest BCUT2D eigenvalue weighted by atomic mass is 16.5. The van der Waals surface area contributed by atoms with Crippen LogP contribution in [-0.4, -0.2) is 68.1 Å². The third-order valence-corrected chi connectivity index (χ3v) is 5.97. The average Bonchev–Trinajstić information content (AvgIpc) is 2.77. The summed E-state index contributed by atoms with van der Waals surface area (Å²) in [6, 6.07) is 3.71. The van der Waals surface area contributed by atoms with Crippen molar-refractivity contribution < 1.29 is 14.3 Å². The Kier molecular flexibility index (Phi) is 8.28. The van der Waals surface area contributed by atoms with E-state index < -0.39 is 0 Å².